The number of aryl methyl sites for hydroxylation is 2. The van der Waals surface area contributed by atoms with Crippen molar-refractivity contribution in [3.8, 4) is 29.3 Å². The van der Waals surface area contributed by atoms with Crippen molar-refractivity contribution in [2.45, 2.75) is 13.8 Å². The normalized spacial score (nSPS) is 12.3. The average Bonchev–Trinajstić information content (AvgIpc) is 3.20. The van der Waals surface area contributed by atoms with Crippen LogP contribution >= 0.6 is 23.2 Å². The fraction of sp³-hybridized carbons (Fsp3) is 0.0909. The Balaban J connectivity index is 1.90. The van der Waals surface area contributed by atoms with E-state index in [0.717, 1.165) is 0 Å². The minimum Gasteiger partial charge on any atom is -0.494 e. The molecule has 8 heteroatoms. The van der Waals surface area contributed by atoms with Gasteiger partial charge >= 0.3 is 0 Å². The maximum absolute atomic E-state index is 12.8. The third kappa shape index (κ3) is 2.86. The van der Waals surface area contributed by atoms with Crippen molar-refractivity contribution in [2.75, 3.05) is 0 Å². The van der Waals surface area contributed by atoms with Crippen LogP contribution in [0, 0.1) is 36.5 Å². The number of H-pyrrole nitrogens is 1. The van der Waals surface area contributed by atoms with Crippen LogP contribution in [0.2, 0.25) is 10.0 Å². The van der Waals surface area contributed by atoms with Crippen molar-refractivity contribution in [3.63, 3.8) is 0 Å². The number of carbonyl (C=O) groups is 1. The summed E-state index contributed by atoms with van der Waals surface area (Å²) in [5, 5.41) is 29.5. The number of rotatable bonds is 2. The molecule has 6 nitrogen and oxygen atoms in total. The standard InChI is InChI=1S/C22H12Cl2N4O2/c1-9-3-11(5-15(23)13(9)7-25)19-17-18(22(30)27-19)20(28-21(17)29)12-4-10(2)14(8-26)16(24)6-12/h3-6,27,30H,1-2H3. The minimum atomic E-state index is -0.525. The van der Waals surface area contributed by atoms with Crippen molar-refractivity contribution in [3.05, 3.63) is 73.3 Å². The van der Waals surface area contributed by atoms with Crippen molar-refractivity contribution >= 4 is 34.8 Å². The number of nitrogens with one attached hydrogen (secondary N) is 1. The number of halogens is 2. The number of aliphatic imine (C=N–C) groups is 1. The summed E-state index contributed by atoms with van der Waals surface area (Å²) in [6, 6.07) is 10.6. The van der Waals surface area contributed by atoms with Gasteiger partial charge in [-0.2, -0.15) is 10.5 Å². The van der Waals surface area contributed by atoms with Gasteiger partial charge in [0, 0.05) is 11.1 Å². The van der Waals surface area contributed by atoms with Crippen LogP contribution in [0.25, 0.3) is 11.3 Å². The molecule has 0 spiro atoms. The molecule has 3 aromatic rings. The number of nitrogens with zero attached hydrogens (tertiary/aromatic N) is 3. The number of hydrogen-bond acceptors (Lipinski definition) is 4. The number of nitriles is 2. The number of amides is 1. The van der Waals surface area contributed by atoms with Gasteiger partial charge in [-0.15, -0.1) is 0 Å². The van der Waals surface area contributed by atoms with E-state index in [-0.39, 0.29) is 32.8 Å². The molecule has 0 fully saturated rings. The molecule has 2 heterocycles. The highest BCUT2D eigenvalue weighted by Gasteiger charge is 2.34. The summed E-state index contributed by atoms with van der Waals surface area (Å²) in [6.45, 7) is 3.47. The lowest BCUT2D eigenvalue weighted by atomic mass is 9.96. The van der Waals surface area contributed by atoms with Crippen LogP contribution in [0.4, 0.5) is 0 Å². The quantitative estimate of drug-likeness (QED) is 0.587. The molecule has 0 saturated heterocycles. The lowest BCUT2D eigenvalue weighted by Gasteiger charge is -2.06. The Hall–Kier alpha value is -3.58. The molecular formula is C22H12Cl2N4O2. The first-order valence-corrected chi connectivity index (χ1v) is 9.52. The smallest absolute Gasteiger partial charge is 0.280 e. The van der Waals surface area contributed by atoms with Crippen LogP contribution in [0.5, 0.6) is 5.88 Å². The van der Waals surface area contributed by atoms with Crippen molar-refractivity contribution in [2.24, 2.45) is 4.99 Å². The summed E-state index contributed by atoms with van der Waals surface area (Å²) >= 11 is 12.4. The monoisotopic (exact) mass is 434 g/mol. The molecule has 0 radical (unpaired) electrons. The van der Waals surface area contributed by atoms with Gasteiger partial charge in [-0.3, -0.25) is 4.79 Å². The predicted octanol–water partition coefficient (Wildman–Crippen LogP) is 5.05. The van der Waals surface area contributed by atoms with Gasteiger partial charge in [0.2, 0.25) is 0 Å². The van der Waals surface area contributed by atoms with Gasteiger partial charge in [0.1, 0.15) is 12.1 Å². The van der Waals surface area contributed by atoms with E-state index in [9.17, 15) is 20.4 Å². The molecule has 1 aliphatic rings. The Kier molecular flexibility index (Phi) is 4.63. The molecule has 1 aromatic heterocycles. The van der Waals surface area contributed by atoms with E-state index >= 15 is 0 Å². The molecular weight excluding hydrogens is 423 g/mol. The van der Waals surface area contributed by atoms with E-state index in [0.29, 0.717) is 39.1 Å². The maximum Gasteiger partial charge on any atom is 0.280 e. The van der Waals surface area contributed by atoms with Crippen LogP contribution in [0.15, 0.2) is 29.3 Å². The Bertz CT molecular complexity index is 1340. The summed E-state index contributed by atoms with van der Waals surface area (Å²) in [5.74, 6) is -0.747. The molecule has 2 aromatic carbocycles. The fourth-order valence-electron chi connectivity index (χ4n) is 3.62. The number of carbonyl (C=O) groups excluding carboxylic acids is 1. The molecule has 30 heavy (non-hydrogen) atoms. The van der Waals surface area contributed by atoms with Crippen LogP contribution < -0.4 is 0 Å². The molecule has 146 valence electrons. The second kappa shape index (κ2) is 7.03. The van der Waals surface area contributed by atoms with Gasteiger partial charge in [-0.1, -0.05) is 23.2 Å². The average molecular weight is 435 g/mol. The highest BCUT2D eigenvalue weighted by atomic mass is 35.5. The largest absolute Gasteiger partial charge is 0.494 e. The maximum atomic E-state index is 12.8. The van der Waals surface area contributed by atoms with Gasteiger partial charge < -0.3 is 10.1 Å². The fourth-order valence-corrected chi connectivity index (χ4v) is 4.24. The van der Waals surface area contributed by atoms with Crippen LogP contribution in [0.3, 0.4) is 0 Å². The number of benzene rings is 2. The van der Waals surface area contributed by atoms with Crippen molar-refractivity contribution in [1.82, 2.24) is 4.98 Å². The summed E-state index contributed by atoms with van der Waals surface area (Å²) in [4.78, 5) is 19.7. The summed E-state index contributed by atoms with van der Waals surface area (Å²) in [7, 11) is 0. The van der Waals surface area contributed by atoms with Gasteiger partial charge in [0.05, 0.1) is 43.7 Å². The molecule has 0 aliphatic carbocycles. The molecule has 2 N–H and O–H groups in total. The predicted molar refractivity (Wildman–Crippen MR) is 113 cm³/mol. The van der Waals surface area contributed by atoms with Gasteiger partial charge in [0.15, 0.2) is 5.88 Å². The first-order chi connectivity index (χ1) is 14.3. The van der Waals surface area contributed by atoms with E-state index < -0.39 is 5.91 Å². The van der Waals surface area contributed by atoms with Gasteiger partial charge in [-0.05, 0) is 49.2 Å². The van der Waals surface area contributed by atoms with Crippen LogP contribution in [-0.2, 0) is 0 Å². The lowest BCUT2D eigenvalue weighted by Crippen LogP contribution is -2.02. The van der Waals surface area contributed by atoms with E-state index in [1.54, 1.807) is 38.1 Å². The highest BCUT2D eigenvalue weighted by Crippen LogP contribution is 2.40. The second-order valence-corrected chi connectivity index (χ2v) is 7.70. The number of fused-ring (bicyclic) bond motifs is 1. The topological polar surface area (TPSA) is 113 Å². The molecule has 0 unspecified atom stereocenters. The number of aromatic hydroxyl groups is 1. The Labute approximate surface area is 181 Å². The lowest BCUT2D eigenvalue weighted by molar-refractivity contribution is 0.101. The van der Waals surface area contributed by atoms with E-state index in [4.69, 9.17) is 23.2 Å². The minimum absolute atomic E-state index is 0.209. The third-order valence-corrected chi connectivity index (χ3v) is 5.60. The van der Waals surface area contributed by atoms with E-state index in [2.05, 4.69) is 9.98 Å². The SMILES string of the molecule is Cc1cc(C2=NC(=O)c3c(-c4cc(C)c(C#N)c(Cl)c4)[nH]c(O)c32)cc(Cl)c1C#N. The van der Waals surface area contributed by atoms with Crippen LogP contribution in [0.1, 0.15) is 43.7 Å². The summed E-state index contributed by atoms with van der Waals surface area (Å²) in [6.07, 6.45) is 0. The molecule has 0 atom stereocenters. The molecule has 0 bridgehead atoms. The molecule has 1 aliphatic heterocycles. The van der Waals surface area contributed by atoms with E-state index in [1.807, 2.05) is 12.1 Å². The van der Waals surface area contributed by atoms with Gasteiger partial charge in [0.25, 0.3) is 5.91 Å². The first kappa shape index (κ1) is 19.7. The zero-order valence-electron chi connectivity index (χ0n) is 15.8. The second-order valence-electron chi connectivity index (χ2n) is 6.89. The van der Waals surface area contributed by atoms with Crippen LogP contribution in [-0.4, -0.2) is 21.7 Å². The number of aromatic amines is 1. The Morgan fingerprint density at radius 1 is 0.933 bits per heavy atom. The molecule has 0 saturated carbocycles. The van der Waals surface area contributed by atoms with E-state index in [1.165, 1.54) is 0 Å². The zero-order chi connectivity index (χ0) is 21.7. The zero-order valence-corrected chi connectivity index (χ0v) is 17.3. The number of hydrogen-bond donors (Lipinski definition) is 2. The summed E-state index contributed by atoms with van der Waals surface area (Å²) in [5.41, 5.74) is 4.11. The summed E-state index contributed by atoms with van der Waals surface area (Å²) < 4.78 is 0. The Morgan fingerprint density at radius 3 is 2.00 bits per heavy atom. The first-order valence-electron chi connectivity index (χ1n) is 8.76. The highest BCUT2D eigenvalue weighted by molar-refractivity contribution is 6.34. The van der Waals surface area contributed by atoms with Gasteiger partial charge in [-0.25, -0.2) is 4.99 Å². The number of aromatic nitrogens is 1. The Morgan fingerprint density at radius 2 is 1.47 bits per heavy atom. The molecule has 1 amide bonds. The van der Waals surface area contributed by atoms with Crippen molar-refractivity contribution < 1.29 is 9.90 Å². The molecule has 4 rings (SSSR count). The third-order valence-electron chi connectivity index (χ3n) is 5.00. The van der Waals surface area contributed by atoms with Crippen molar-refractivity contribution in [1.29, 1.82) is 10.5 Å².